The Morgan fingerprint density at radius 3 is 2.50 bits per heavy atom. The summed E-state index contributed by atoms with van der Waals surface area (Å²) in [4.78, 5) is 10.7. The second kappa shape index (κ2) is 4.51. The van der Waals surface area contributed by atoms with Crippen molar-refractivity contribution in [3.8, 4) is 0 Å². The summed E-state index contributed by atoms with van der Waals surface area (Å²) in [6.45, 7) is 0. The molecule has 0 aromatic heterocycles. The minimum atomic E-state index is -4.24. The minimum absolute atomic E-state index is 0.00489. The number of esters is 1. The molecule has 1 aliphatic carbocycles. The molecule has 1 aromatic rings. The molecule has 7 heteroatoms. The van der Waals surface area contributed by atoms with Crippen LogP contribution in [0.1, 0.15) is 34.7 Å². The molecule has 1 aromatic carbocycles. The van der Waals surface area contributed by atoms with Crippen LogP contribution in [0, 0.1) is 5.82 Å². The van der Waals surface area contributed by atoms with Crippen molar-refractivity contribution in [3.05, 3.63) is 29.1 Å². The lowest BCUT2D eigenvalue weighted by molar-refractivity contribution is 0.0594. The normalized spacial score (nSPS) is 15.5. The van der Waals surface area contributed by atoms with Crippen molar-refractivity contribution >= 4 is 25.7 Å². The molecule has 2 rings (SSSR count). The number of benzene rings is 1. The van der Waals surface area contributed by atoms with Crippen LogP contribution in [-0.4, -0.2) is 21.5 Å². The van der Waals surface area contributed by atoms with E-state index in [1.807, 2.05) is 0 Å². The van der Waals surface area contributed by atoms with Gasteiger partial charge in [0.25, 0.3) is 9.05 Å². The maximum Gasteiger partial charge on any atom is 0.340 e. The molecule has 0 radical (unpaired) electrons. The van der Waals surface area contributed by atoms with Gasteiger partial charge in [-0.1, -0.05) is 6.07 Å². The predicted molar refractivity (Wildman–Crippen MR) is 62.8 cm³/mol. The van der Waals surface area contributed by atoms with Crippen LogP contribution >= 0.6 is 10.7 Å². The number of halogens is 2. The lowest BCUT2D eigenvalue weighted by atomic mass is 10.1. The van der Waals surface area contributed by atoms with Crippen LogP contribution in [-0.2, 0) is 13.8 Å². The van der Waals surface area contributed by atoms with Crippen LogP contribution in [0.4, 0.5) is 4.39 Å². The zero-order valence-corrected chi connectivity index (χ0v) is 11.0. The lowest BCUT2D eigenvalue weighted by Gasteiger charge is -2.09. The Morgan fingerprint density at radius 2 is 2.06 bits per heavy atom. The Balaban J connectivity index is 2.68. The molecule has 1 fully saturated rings. The third-order valence-electron chi connectivity index (χ3n) is 2.79. The summed E-state index contributed by atoms with van der Waals surface area (Å²) >= 11 is 0. The third-order valence-corrected chi connectivity index (χ3v) is 4.16. The molecule has 0 aliphatic heterocycles. The van der Waals surface area contributed by atoms with Crippen LogP contribution in [0.3, 0.4) is 0 Å². The number of carbonyl (C=O) groups is 1. The van der Waals surface area contributed by atoms with E-state index in [9.17, 15) is 17.6 Å². The fourth-order valence-electron chi connectivity index (χ4n) is 1.80. The highest BCUT2D eigenvalue weighted by Gasteiger charge is 2.34. The van der Waals surface area contributed by atoms with Crippen LogP contribution in [0.15, 0.2) is 17.0 Å². The van der Waals surface area contributed by atoms with Crippen molar-refractivity contribution in [1.82, 2.24) is 0 Å². The average molecular weight is 293 g/mol. The Hall–Kier alpha value is -1.14. The summed E-state index contributed by atoms with van der Waals surface area (Å²) in [6, 6.07) is 2.64. The number of hydrogen-bond donors (Lipinski definition) is 0. The van der Waals surface area contributed by atoms with Crippen LogP contribution < -0.4 is 0 Å². The highest BCUT2D eigenvalue weighted by Crippen LogP contribution is 2.44. The average Bonchev–Trinajstić information content (AvgIpc) is 3.09. The number of carbonyl (C=O) groups excluding carboxylic acids is 1. The van der Waals surface area contributed by atoms with Gasteiger partial charge in [-0.15, -0.1) is 0 Å². The van der Waals surface area contributed by atoms with Crippen molar-refractivity contribution in [1.29, 1.82) is 0 Å². The van der Waals surface area contributed by atoms with Gasteiger partial charge in [0.1, 0.15) is 4.90 Å². The number of methoxy groups -OCH3 is 1. The van der Waals surface area contributed by atoms with Crippen molar-refractivity contribution in [2.75, 3.05) is 7.11 Å². The highest BCUT2D eigenvalue weighted by atomic mass is 35.7. The maximum absolute atomic E-state index is 14.1. The largest absolute Gasteiger partial charge is 0.465 e. The first-order valence-corrected chi connectivity index (χ1v) is 7.52. The van der Waals surface area contributed by atoms with E-state index in [-0.39, 0.29) is 5.92 Å². The van der Waals surface area contributed by atoms with Crippen LogP contribution in [0.25, 0.3) is 0 Å². The van der Waals surface area contributed by atoms with Crippen molar-refractivity contribution < 1.29 is 22.3 Å². The third kappa shape index (κ3) is 2.35. The first-order valence-electron chi connectivity index (χ1n) is 5.21. The van der Waals surface area contributed by atoms with E-state index in [0.29, 0.717) is 5.56 Å². The molecule has 18 heavy (non-hydrogen) atoms. The van der Waals surface area contributed by atoms with E-state index in [1.54, 1.807) is 0 Å². The van der Waals surface area contributed by atoms with Crippen molar-refractivity contribution in [3.63, 3.8) is 0 Å². The first kappa shape index (κ1) is 13.3. The fraction of sp³-hybridized carbons (Fsp3) is 0.364. The molecule has 4 nitrogen and oxygen atoms in total. The molecule has 0 unspecified atom stereocenters. The zero-order valence-electron chi connectivity index (χ0n) is 9.44. The summed E-state index contributed by atoms with van der Waals surface area (Å²) in [5, 5.41) is 0. The molecule has 98 valence electrons. The Morgan fingerprint density at radius 1 is 1.44 bits per heavy atom. The molecule has 0 amide bonds. The molecular formula is C11H10ClFO4S. The van der Waals surface area contributed by atoms with E-state index in [0.717, 1.165) is 20.0 Å². The Bertz CT molecular complexity index is 608. The van der Waals surface area contributed by atoms with Gasteiger partial charge in [0.15, 0.2) is 5.82 Å². The van der Waals surface area contributed by atoms with Crippen LogP contribution in [0.5, 0.6) is 0 Å². The summed E-state index contributed by atoms with van der Waals surface area (Å²) in [5.41, 5.74) is -0.101. The smallest absolute Gasteiger partial charge is 0.340 e. The predicted octanol–water partition coefficient (Wildman–Crippen LogP) is 2.42. The number of rotatable bonds is 3. The van der Waals surface area contributed by atoms with Gasteiger partial charge in [-0.05, 0) is 30.4 Å². The number of hydrogen-bond acceptors (Lipinski definition) is 4. The summed E-state index contributed by atoms with van der Waals surface area (Å²) in [6.07, 6.45) is 1.58. The van der Waals surface area contributed by atoms with Gasteiger partial charge >= 0.3 is 5.97 Å². The van der Waals surface area contributed by atoms with Gasteiger partial charge < -0.3 is 4.74 Å². The molecule has 0 heterocycles. The van der Waals surface area contributed by atoms with E-state index in [2.05, 4.69) is 4.74 Å². The summed E-state index contributed by atoms with van der Waals surface area (Å²) in [5.74, 6) is -2.08. The van der Waals surface area contributed by atoms with Gasteiger partial charge in [-0.25, -0.2) is 17.6 Å². The zero-order chi connectivity index (χ0) is 13.5. The second-order valence-corrected chi connectivity index (χ2v) is 6.55. The molecular weight excluding hydrogens is 283 g/mol. The first-order chi connectivity index (χ1) is 8.36. The lowest BCUT2D eigenvalue weighted by Crippen LogP contribution is -2.10. The van der Waals surface area contributed by atoms with Gasteiger partial charge in [0.2, 0.25) is 0 Å². The van der Waals surface area contributed by atoms with Gasteiger partial charge in [-0.2, -0.15) is 0 Å². The van der Waals surface area contributed by atoms with Crippen molar-refractivity contribution in [2.45, 2.75) is 23.7 Å². The molecule has 1 aliphatic rings. The second-order valence-electron chi connectivity index (χ2n) is 4.05. The highest BCUT2D eigenvalue weighted by molar-refractivity contribution is 8.13. The monoisotopic (exact) mass is 292 g/mol. The fourth-order valence-corrected chi connectivity index (χ4v) is 3.11. The summed E-state index contributed by atoms with van der Waals surface area (Å²) < 4.78 is 41.4. The van der Waals surface area contributed by atoms with Crippen LogP contribution in [0.2, 0.25) is 0 Å². The van der Waals surface area contributed by atoms with Gasteiger partial charge in [0.05, 0.1) is 12.7 Å². The standard InChI is InChI=1S/C11H10ClFO4S/c1-17-11(14)8-5-4-7(6-2-3-6)10(9(8)13)18(12,15)16/h4-6H,2-3H2,1H3. The Kier molecular flexibility index (Phi) is 3.33. The van der Waals surface area contributed by atoms with E-state index in [1.165, 1.54) is 12.1 Å². The Labute approximate surface area is 108 Å². The summed E-state index contributed by atoms with van der Waals surface area (Å²) in [7, 11) is 2.09. The molecule has 1 saturated carbocycles. The molecule has 0 N–H and O–H groups in total. The minimum Gasteiger partial charge on any atom is -0.465 e. The maximum atomic E-state index is 14.1. The van der Waals surface area contributed by atoms with Gasteiger partial charge in [0, 0.05) is 10.7 Å². The topological polar surface area (TPSA) is 60.4 Å². The van der Waals surface area contributed by atoms with E-state index in [4.69, 9.17) is 10.7 Å². The molecule has 0 bridgehead atoms. The number of ether oxygens (including phenoxy) is 1. The van der Waals surface area contributed by atoms with E-state index < -0.39 is 31.3 Å². The molecule has 0 spiro atoms. The van der Waals surface area contributed by atoms with Crippen molar-refractivity contribution in [2.24, 2.45) is 0 Å². The molecule has 0 saturated heterocycles. The van der Waals surface area contributed by atoms with Gasteiger partial charge in [-0.3, -0.25) is 0 Å². The molecule has 0 atom stereocenters. The SMILES string of the molecule is COC(=O)c1ccc(C2CC2)c(S(=O)(=O)Cl)c1F. The van der Waals surface area contributed by atoms with E-state index >= 15 is 0 Å². The quantitative estimate of drug-likeness (QED) is 0.634.